The van der Waals surface area contributed by atoms with Crippen LogP contribution in [0.5, 0.6) is 0 Å². The van der Waals surface area contributed by atoms with E-state index in [4.69, 9.17) is 4.74 Å². The third-order valence-corrected chi connectivity index (χ3v) is 5.83. The number of carbonyl (C=O) groups is 1. The molecule has 0 aliphatic heterocycles. The number of ether oxygens (including phenoxy) is 1. The Kier molecular flexibility index (Phi) is 6.11. The van der Waals surface area contributed by atoms with E-state index in [0.717, 1.165) is 21.7 Å². The molecule has 5 nitrogen and oxygen atoms in total. The first-order valence-corrected chi connectivity index (χ1v) is 10.4. The van der Waals surface area contributed by atoms with Crippen LogP contribution in [0.4, 0.5) is 0 Å². The van der Waals surface area contributed by atoms with Crippen LogP contribution in [0.1, 0.15) is 17.4 Å². The fourth-order valence-corrected chi connectivity index (χ4v) is 4.18. The predicted molar refractivity (Wildman–Crippen MR) is 106 cm³/mol. The Morgan fingerprint density at radius 2 is 2.08 bits per heavy atom. The standard InChI is InChI=1S/C19H20N2O3S2/c1-3-14-11-15-17(26-14)20-19(25-2)21(18(15)23)12-16(22)24-10-9-13-7-5-4-6-8-13/h4-8,11H,3,9-10,12H2,1-2H3. The molecule has 3 aromatic rings. The van der Waals surface area contributed by atoms with Crippen molar-refractivity contribution in [2.75, 3.05) is 12.9 Å². The van der Waals surface area contributed by atoms with Gasteiger partial charge >= 0.3 is 5.97 Å². The van der Waals surface area contributed by atoms with Gasteiger partial charge in [0.2, 0.25) is 0 Å². The molecule has 1 aromatic carbocycles. The van der Waals surface area contributed by atoms with Crippen molar-refractivity contribution in [1.29, 1.82) is 0 Å². The molecule has 0 aliphatic rings. The first-order valence-electron chi connectivity index (χ1n) is 8.39. The minimum absolute atomic E-state index is 0.121. The van der Waals surface area contributed by atoms with E-state index < -0.39 is 5.97 Å². The van der Waals surface area contributed by atoms with E-state index in [0.29, 0.717) is 23.6 Å². The monoisotopic (exact) mass is 388 g/mol. The van der Waals surface area contributed by atoms with Crippen molar-refractivity contribution in [3.05, 3.63) is 57.2 Å². The van der Waals surface area contributed by atoms with Crippen LogP contribution in [0.15, 0.2) is 46.3 Å². The average molecular weight is 389 g/mol. The summed E-state index contributed by atoms with van der Waals surface area (Å²) in [4.78, 5) is 31.4. The fraction of sp³-hybridized carbons (Fsp3) is 0.316. The summed E-state index contributed by atoms with van der Waals surface area (Å²) in [5.41, 5.74) is 0.922. The lowest BCUT2D eigenvalue weighted by molar-refractivity contribution is -0.144. The maximum atomic E-state index is 12.8. The van der Waals surface area contributed by atoms with Crippen molar-refractivity contribution < 1.29 is 9.53 Å². The second-order valence-electron chi connectivity index (χ2n) is 5.73. The number of nitrogens with zero attached hydrogens (tertiary/aromatic N) is 2. The molecule has 136 valence electrons. The minimum atomic E-state index is -0.426. The summed E-state index contributed by atoms with van der Waals surface area (Å²) in [5.74, 6) is -0.426. The first-order chi connectivity index (χ1) is 12.6. The molecule has 0 amide bonds. The molecule has 0 fully saturated rings. The molecule has 0 unspecified atom stereocenters. The molecule has 0 saturated carbocycles. The smallest absolute Gasteiger partial charge is 0.326 e. The molecule has 7 heteroatoms. The summed E-state index contributed by atoms with van der Waals surface area (Å²) in [6.45, 7) is 2.22. The van der Waals surface area contributed by atoms with Crippen LogP contribution in [-0.2, 0) is 28.9 Å². The van der Waals surface area contributed by atoms with Gasteiger partial charge in [-0.15, -0.1) is 11.3 Å². The van der Waals surface area contributed by atoms with Crippen molar-refractivity contribution in [1.82, 2.24) is 9.55 Å². The van der Waals surface area contributed by atoms with Crippen molar-refractivity contribution in [2.24, 2.45) is 0 Å². The summed E-state index contributed by atoms with van der Waals surface area (Å²) < 4.78 is 6.72. The van der Waals surface area contributed by atoms with E-state index >= 15 is 0 Å². The van der Waals surface area contributed by atoms with E-state index in [1.165, 1.54) is 27.7 Å². The predicted octanol–water partition coefficient (Wildman–Crippen LogP) is 3.53. The summed E-state index contributed by atoms with van der Waals surface area (Å²) in [7, 11) is 0. The van der Waals surface area contributed by atoms with Crippen LogP contribution < -0.4 is 5.56 Å². The normalized spacial score (nSPS) is 11.0. The third-order valence-electron chi connectivity index (χ3n) is 3.98. The van der Waals surface area contributed by atoms with Crippen LogP contribution in [0, 0.1) is 0 Å². The van der Waals surface area contributed by atoms with Crippen molar-refractivity contribution in [3.8, 4) is 0 Å². The minimum Gasteiger partial charge on any atom is -0.464 e. The van der Waals surface area contributed by atoms with Gasteiger partial charge in [-0.3, -0.25) is 14.2 Å². The summed E-state index contributed by atoms with van der Waals surface area (Å²) in [6.07, 6.45) is 3.36. The van der Waals surface area contributed by atoms with Crippen LogP contribution in [-0.4, -0.2) is 28.4 Å². The van der Waals surface area contributed by atoms with Crippen LogP contribution in [0.3, 0.4) is 0 Å². The number of aromatic nitrogens is 2. The van der Waals surface area contributed by atoms with Gasteiger partial charge in [-0.25, -0.2) is 4.98 Å². The topological polar surface area (TPSA) is 61.2 Å². The van der Waals surface area contributed by atoms with Gasteiger partial charge in [0.05, 0.1) is 12.0 Å². The van der Waals surface area contributed by atoms with Gasteiger partial charge < -0.3 is 4.74 Å². The van der Waals surface area contributed by atoms with E-state index in [1.807, 2.05) is 49.6 Å². The Bertz CT molecular complexity index is 964. The Hall–Kier alpha value is -2.12. The molecule has 0 radical (unpaired) electrons. The quantitative estimate of drug-likeness (QED) is 0.352. The van der Waals surface area contributed by atoms with Crippen LogP contribution >= 0.6 is 23.1 Å². The number of hydrogen-bond donors (Lipinski definition) is 0. The molecule has 0 aliphatic carbocycles. The number of hydrogen-bond acceptors (Lipinski definition) is 6. The highest BCUT2D eigenvalue weighted by Crippen LogP contribution is 2.24. The maximum absolute atomic E-state index is 12.8. The van der Waals surface area contributed by atoms with Crippen molar-refractivity contribution in [3.63, 3.8) is 0 Å². The summed E-state index contributed by atoms with van der Waals surface area (Å²) in [5, 5.41) is 1.11. The fourth-order valence-electron chi connectivity index (χ4n) is 2.62. The number of fused-ring (bicyclic) bond motifs is 1. The third kappa shape index (κ3) is 4.16. The van der Waals surface area contributed by atoms with E-state index in [-0.39, 0.29) is 12.1 Å². The second-order valence-corrected chi connectivity index (χ2v) is 7.62. The highest BCUT2D eigenvalue weighted by Gasteiger charge is 2.16. The van der Waals surface area contributed by atoms with E-state index in [9.17, 15) is 9.59 Å². The van der Waals surface area contributed by atoms with Gasteiger partial charge in [-0.2, -0.15) is 0 Å². The molecule has 2 aromatic heterocycles. The van der Waals surface area contributed by atoms with E-state index in [1.54, 1.807) is 0 Å². The molecule has 0 bridgehead atoms. The van der Waals surface area contributed by atoms with E-state index in [2.05, 4.69) is 4.98 Å². The lowest BCUT2D eigenvalue weighted by Gasteiger charge is -2.10. The number of carbonyl (C=O) groups excluding carboxylic acids is 1. The largest absolute Gasteiger partial charge is 0.464 e. The molecular weight excluding hydrogens is 368 g/mol. The molecule has 3 rings (SSSR count). The highest BCUT2D eigenvalue weighted by atomic mass is 32.2. The van der Waals surface area contributed by atoms with Gasteiger partial charge in [0, 0.05) is 11.3 Å². The number of rotatable bonds is 7. The van der Waals surface area contributed by atoms with Gasteiger partial charge in [0.25, 0.3) is 5.56 Å². The van der Waals surface area contributed by atoms with Crippen molar-refractivity contribution in [2.45, 2.75) is 31.5 Å². The molecule has 0 N–H and O–H groups in total. The zero-order valence-corrected chi connectivity index (χ0v) is 16.4. The first kappa shape index (κ1) is 18.7. The molecule has 0 saturated heterocycles. The molecule has 26 heavy (non-hydrogen) atoms. The zero-order valence-electron chi connectivity index (χ0n) is 14.7. The van der Waals surface area contributed by atoms with Gasteiger partial charge in [-0.1, -0.05) is 49.0 Å². The van der Waals surface area contributed by atoms with Crippen molar-refractivity contribution >= 4 is 39.3 Å². The maximum Gasteiger partial charge on any atom is 0.326 e. The number of thiophene rings is 1. The molecular formula is C19H20N2O3S2. The summed E-state index contributed by atoms with van der Waals surface area (Å²) in [6, 6.07) is 11.7. The number of esters is 1. The zero-order chi connectivity index (χ0) is 18.5. The van der Waals surface area contributed by atoms with Gasteiger partial charge in [0.1, 0.15) is 11.4 Å². The van der Waals surface area contributed by atoms with Gasteiger partial charge in [-0.05, 0) is 24.3 Å². The number of aryl methyl sites for hydroxylation is 1. The summed E-state index contributed by atoms with van der Waals surface area (Å²) >= 11 is 2.88. The Morgan fingerprint density at radius 3 is 2.77 bits per heavy atom. The Morgan fingerprint density at radius 1 is 1.31 bits per heavy atom. The lowest BCUT2D eigenvalue weighted by Crippen LogP contribution is -2.27. The average Bonchev–Trinajstić information content (AvgIpc) is 3.08. The molecule has 0 spiro atoms. The second kappa shape index (κ2) is 8.51. The highest BCUT2D eigenvalue weighted by molar-refractivity contribution is 7.98. The SMILES string of the molecule is CCc1cc2c(=O)n(CC(=O)OCCc3ccccc3)c(SC)nc2s1. The van der Waals surface area contributed by atoms with Crippen LogP contribution in [0.2, 0.25) is 0 Å². The molecule has 2 heterocycles. The van der Waals surface area contributed by atoms with Gasteiger partial charge in [0.15, 0.2) is 5.16 Å². The molecule has 0 atom stereocenters. The number of benzene rings is 1. The Balaban J connectivity index is 1.73. The number of thioether (sulfide) groups is 1. The lowest BCUT2D eigenvalue weighted by atomic mass is 10.2. The van der Waals surface area contributed by atoms with Crippen LogP contribution in [0.25, 0.3) is 10.2 Å². The Labute approximate surface area is 160 Å².